The molecule has 0 bridgehead atoms. The van der Waals surface area contributed by atoms with E-state index in [1.807, 2.05) is 30.3 Å². The lowest BCUT2D eigenvalue weighted by Gasteiger charge is -2.02. The van der Waals surface area contributed by atoms with Crippen molar-refractivity contribution in [3.05, 3.63) is 52.2 Å². The van der Waals surface area contributed by atoms with E-state index < -0.39 is 15.7 Å². The summed E-state index contributed by atoms with van der Waals surface area (Å²) in [6, 6.07) is 12.7. The van der Waals surface area contributed by atoms with Crippen LogP contribution in [0.25, 0.3) is 17.4 Å². The highest BCUT2D eigenvalue weighted by molar-refractivity contribution is 9.10. The molecule has 0 aliphatic carbocycles. The maximum absolute atomic E-state index is 12.4. The number of sulfone groups is 1. The Kier molecular flexibility index (Phi) is 7.04. The van der Waals surface area contributed by atoms with Crippen LogP contribution in [0.5, 0.6) is 0 Å². The summed E-state index contributed by atoms with van der Waals surface area (Å²) < 4.78 is 30.9. The summed E-state index contributed by atoms with van der Waals surface area (Å²) in [4.78, 5) is 12.4. The first-order valence-electron chi connectivity index (χ1n) is 9.03. The zero-order valence-corrected chi connectivity index (χ0v) is 19.7. The average molecular weight is 521 g/mol. The van der Waals surface area contributed by atoms with Crippen molar-refractivity contribution < 1.29 is 17.6 Å². The first-order chi connectivity index (χ1) is 14.7. The number of benzene rings is 1. The average Bonchev–Trinajstić information content (AvgIpc) is 3.35. The number of carbonyl (C=O) groups excluding carboxylic acids is 1. The molecule has 8 nitrogen and oxygen atoms in total. The van der Waals surface area contributed by atoms with E-state index >= 15 is 0 Å². The molecule has 2 heterocycles. The Bertz CT molecular complexity index is 1270. The zero-order chi connectivity index (χ0) is 22.6. The lowest BCUT2D eigenvalue weighted by atomic mass is 10.2. The Balaban J connectivity index is 1.75. The Labute approximate surface area is 191 Å². The monoisotopic (exact) mass is 520 g/mol. The Morgan fingerprint density at radius 1 is 1.26 bits per heavy atom. The van der Waals surface area contributed by atoms with E-state index in [4.69, 9.17) is 4.42 Å². The third-order valence-corrected chi connectivity index (χ3v) is 7.75. The number of nitrogens with zero attached hydrogens (tertiary/aromatic N) is 3. The lowest BCUT2D eigenvalue weighted by Crippen LogP contribution is -2.13. The van der Waals surface area contributed by atoms with Crippen LogP contribution in [0.1, 0.15) is 19.6 Å². The molecule has 0 atom stereocenters. The quantitative estimate of drug-likeness (QED) is 0.275. The summed E-state index contributed by atoms with van der Waals surface area (Å²) >= 11 is 4.11. The molecule has 1 N–H and O–H groups in total. The number of halogens is 1. The molecule has 31 heavy (non-hydrogen) atoms. The largest absolute Gasteiger partial charge is 0.457 e. The summed E-state index contributed by atoms with van der Waals surface area (Å²) in [6.07, 6.45) is 1.30. The van der Waals surface area contributed by atoms with Gasteiger partial charge in [0.2, 0.25) is 19.3 Å². The van der Waals surface area contributed by atoms with Gasteiger partial charge in [-0.1, -0.05) is 53.2 Å². The molecule has 1 amide bonds. The second-order valence-electron chi connectivity index (χ2n) is 6.88. The van der Waals surface area contributed by atoms with Crippen LogP contribution in [0, 0.1) is 17.2 Å². The molecule has 0 fully saturated rings. The molecular formula is C20H17BrN4O4S2. The number of amides is 1. The maximum atomic E-state index is 12.4. The van der Waals surface area contributed by atoms with E-state index in [1.54, 1.807) is 26.0 Å². The molecule has 3 rings (SSSR count). The number of nitriles is 1. The molecule has 0 radical (unpaired) electrons. The highest BCUT2D eigenvalue weighted by Gasteiger charge is 2.23. The van der Waals surface area contributed by atoms with Crippen LogP contribution < -0.4 is 5.32 Å². The second kappa shape index (κ2) is 9.55. The van der Waals surface area contributed by atoms with Crippen molar-refractivity contribution in [2.45, 2.75) is 18.2 Å². The van der Waals surface area contributed by atoms with Crippen LogP contribution in [-0.2, 0) is 14.6 Å². The van der Waals surface area contributed by atoms with E-state index in [2.05, 4.69) is 31.4 Å². The molecular weight excluding hydrogens is 504 g/mol. The molecule has 11 heteroatoms. The topological polar surface area (TPSA) is 126 Å². The van der Waals surface area contributed by atoms with E-state index in [9.17, 15) is 18.5 Å². The Morgan fingerprint density at radius 2 is 1.97 bits per heavy atom. The first kappa shape index (κ1) is 22.9. The van der Waals surface area contributed by atoms with E-state index in [-0.39, 0.29) is 26.7 Å². The first-order valence-corrected chi connectivity index (χ1v) is 12.3. The predicted molar refractivity (Wildman–Crippen MR) is 121 cm³/mol. The van der Waals surface area contributed by atoms with Crippen LogP contribution in [0.15, 0.2) is 55.2 Å². The van der Waals surface area contributed by atoms with Gasteiger partial charge in [0.05, 0.1) is 5.75 Å². The molecule has 0 aliphatic rings. The van der Waals surface area contributed by atoms with Crippen molar-refractivity contribution in [2.75, 3.05) is 11.1 Å². The standard InChI is InChI=1S/C20H17BrN4O4S2/c1-12(2)11-31(27,28)20-25-24-19(30-20)23-18(26)14(10-22)9-16-7-8-17(29-16)13-3-5-15(21)6-4-13/h3-9,12H,11H2,1-2H3,(H,23,24,26). The van der Waals surface area contributed by atoms with Crippen LogP contribution in [0.4, 0.5) is 5.13 Å². The van der Waals surface area contributed by atoms with Crippen molar-refractivity contribution >= 4 is 54.2 Å². The number of aromatic nitrogens is 2. The van der Waals surface area contributed by atoms with Crippen molar-refractivity contribution in [3.8, 4) is 17.4 Å². The fourth-order valence-electron chi connectivity index (χ4n) is 2.55. The van der Waals surface area contributed by atoms with E-state index in [1.165, 1.54) is 6.08 Å². The number of hydrogen-bond donors (Lipinski definition) is 1. The summed E-state index contributed by atoms with van der Waals surface area (Å²) in [5, 5.41) is 19.1. The number of anilines is 1. The van der Waals surface area contributed by atoms with Crippen molar-refractivity contribution in [1.82, 2.24) is 10.2 Å². The maximum Gasteiger partial charge on any atom is 0.268 e. The van der Waals surface area contributed by atoms with Gasteiger partial charge in [0.25, 0.3) is 5.91 Å². The van der Waals surface area contributed by atoms with Gasteiger partial charge < -0.3 is 4.42 Å². The van der Waals surface area contributed by atoms with Crippen LogP contribution >= 0.6 is 27.3 Å². The fourth-order valence-corrected chi connectivity index (χ4v) is 5.42. The van der Waals surface area contributed by atoms with Crippen LogP contribution in [-0.4, -0.2) is 30.3 Å². The Hall–Kier alpha value is -2.81. The lowest BCUT2D eigenvalue weighted by molar-refractivity contribution is -0.112. The fraction of sp³-hybridized carbons (Fsp3) is 0.200. The summed E-state index contributed by atoms with van der Waals surface area (Å²) in [5.74, 6) is 0.0179. The van der Waals surface area contributed by atoms with Gasteiger partial charge in [-0.3, -0.25) is 10.1 Å². The summed E-state index contributed by atoms with van der Waals surface area (Å²) in [5.41, 5.74) is 0.619. The number of rotatable bonds is 7. The molecule has 1 aromatic carbocycles. The molecule has 0 aliphatic heterocycles. The molecule has 160 valence electrons. The van der Waals surface area contributed by atoms with E-state index in [0.29, 0.717) is 11.5 Å². The normalized spacial score (nSPS) is 12.0. The minimum Gasteiger partial charge on any atom is -0.457 e. The molecule has 2 aromatic heterocycles. The highest BCUT2D eigenvalue weighted by atomic mass is 79.9. The van der Waals surface area contributed by atoms with Gasteiger partial charge in [-0.25, -0.2) is 8.42 Å². The summed E-state index contributed by atoms with van der Waals surface area (Å²) in [6.45, 7) is 3.56. The minimum atomic E-state index is -3.58. The SMILES string of the molecule is CC(C)CS(=O)(=O)c1nnc(NC(=O)C(C#N)=Cc2ccc(-c3ccc(Br)cc3)o2)s1. The summed E-state index contributed by atoms with van der Waals surface area (Å²) in [7, 11) is -3.58. The second-order valence-corrected chi connectivity index (χ2v) is 11.0. The third-order valence-electron chi connectivity index (χ3n) is 3.85. The highest BCUT2D eigenvalue weighted by Crippen LogP contribution is 2.26. The smallest absolute Gasteiger partial charge is 0.268 e. The van der Waals surface area contributed by atoms with Gasteiger partial charge in [-0.2, -0.15) is 5.26 Å². The molecule has 0 saturated heterocycles. The van der Waals surface area contributed by atoms with Gasteiger partial charge in [0, 0.05) is 16.1 Å². The molecule has 0 saturated carbocycles. The predicted octanol–water partition coefficient (Wildman–Crippen LogP) is 4.54. The number of furan rings is 1. The Morgan fingerprint density at radius 3 is 2.61 bits per heavy atom. The van der Waals surface area contributed by atoms with Gasteiger partial charge in [-0.05, 0) is 30.2 Å². The van der Waals surface area contributed by atoms with Gasteiger partial charge in [-0.15, -0.1) is 10.2 Å². The van der Waals surface area contributed by atoms with Crippen molar-refractivity contribution in [3.63, 3.8) is 0 Å². The minimum absolute atomic E-state index is 0.0107. The third kappa shape index (κ3) is 5.88. The van der Waals surface area contributed by atoms with Crippen molar-refractivity contribution in [2.24, 2.45) is 5.92 Å². The zero-order valence-electron chi connectivity index (χ0n) is 16.5. The van der Waals surface area contributed by atoms with E-state index in [0.717, 1.165) is 21.4 Å². The van der Waals surface area contributed by atoms with Crippen LogP contribution in [0.2, 0.25) is 0 Å². The van der Waals surface area contributed by atoms with Crippen molar-refractivity contribution in [1.29, 1.82) is 5.26 Å². The molecule has 3 aromatic rings. The number of hydrogen-bond acceptors (Lipinski definition) is 8. The molecule has 0 spiro atoms. The van der Waals surface area contributed by atoms with Gasteiger partial charge in [0.15, 0.2) is 0 Å². The number of nitrogens with one attached hydrogen (secondary N) is 1. The van der Waals surface area contributed by atoms with Gasteiger partial charge in [0.1, 0.15) is 23.2 Å². The molecule has 0 unspecified atom stereocenters. The number of carbonyl (C=O) groups is 1. The van der Waals surface area contributed by atoms with Gasteiger partial charge >= 0.3 is 0 Å². The van der Waals surface area contributed by atoms with Crippen LogP contribution in [0.3, 0.4) is 0 Å².